The lowest BCUT2D eigenvalue weighted by atomic mass is 9.54. The van der Waals surface area contributed by atoms with Crippen molar-refractivity contribution in [3.05, 3.63) is 0 Å². The van der Waals surface area contributed by atoms with Crippen LogP contribution in [0, 0.1) is 11.3 Å². The van der Waals surface area contributed by atoms with Crippen molar-refractivity contribution in [3.8, 4) is 0 Å². The molecule has 5 fully saturated rings. The largest absolute Gasteiger partial charge is 0.377 e. The first-order chi connectivity index (χ1) is 10.9. The van der Waals surface area contributed by atoms with Crippen LogP contribution in [0.4, 0.5) is 0 Å². The Morgan fingerprint density at radius 3 is 2.73 bits per heavy atom. The van der Waals surface area contributed by atoms with E-state index >= 15 is 0 Å². The summed E-state index contributed by atoms with van der Waals surface area (Å²) in [5, 5.41) is 3.94. The summed E-state index contributed by atoms with van der Waals surface area (Å²) in [6.45, 7) is 5.24. The van der Waals surface area contributed by atoms with Crippen LogP contribution in [0.2, 0.25) is 0 Å². The molecule has 4 heteroatoms. The van der Waals surface area contributed by atoms with E-state index in [9.17, 15) is 0 Å². The maximum Gasteiger partial charge on any atom is 0.0826 e. The highest BCUT2D eigenvalue weighted by atomic mass is 16.5. The number of ether oxygens (including phenoxy) is 2. The highest BCUT2D eigenvalue weighted by molar-refractivity contribution is 5.16. The average Bonchev–Trinajstić information content (AvgIpc) is 3.09. The van der Waals surface area contributed by atoms with Gasteiger partial charge in [0.15, 0.2) is 0 Å². The van der Waals surface area contributed by atoms with Crippen LogP contribution in [0.25, 0.3) is 0 Å². The topological polar surface area (TPSA) is 33.7 Å². The van der Waals surface area contributed by atoms with Gasteiger partial charge in [-0.1, -0.05) is 12.8 Å². The average molecular weight is 306 g/mol. The second-order valence-corrected chi connectivity index (χ2v) is 8.29. The molecule has 4 nitrogen and oxygen atoms in total. The zero-order valence-electron chi connectivity index (χ0n) is 13.6. The van der Waals surface area contributed by atoms with Gasteiger partial charge in [0.1, 0.15) is 0 Å². The van der Waals surface area contributed by atoms with Crippen LogP contribution in [0.15, 0.2) is 0 Å². The molecule has 1 N–H and O–H groups in total. The summed E-state index contributed by atoms with van der Waals surface area (Å²) in [4.78, 5) is 2.66. The third kappa shape index (κ3) is 2.18. The lowest BCUT2D eigenvalue weighted by Gasteiger charge is -2.57. The molecule has 0 amide bonds. The molecule has 0 aromatic carbocycles. The van der Waals surface area contributed by atoms with Crippen molar-refractivity contribution in [2.75, 3.05) is 32.8 Å². The van der Waals surface area contributed by atoms with Crippen molar-refractivity contribution in [1.82, 2.24) is 10.2 Å². The first kappa shape index (κ1) is 14.2. The SMILES string of the molecule is C1CCC2(C1)C(NCC1CN(C3CC3)CCO1)C1CCOC12. The van der Waals surface area contributed by atoms with Gasteiger partial charge >= 0.3 is 0 Å². The van der Waals surface area contributed by atoms with Crippen LogP contribution >= 0.6 is 0 Å². The van der Waals surface area contributed by atoms with Gasteiger partial charge in [-0.2, -0.15) is 0 Å². The summed E-state index contributed by atoms with van der Waals surface area (Å²) in [7, 11) is 0. The summed E-state index contributed by atoms with van der Waals surface area (Å²) < 4.78 is 12.1. The maximum atomic E-state index is 6.09. The van der Waals surface area contributed by atoms with Crippen LogP contribution < -0.4 is 5.32 Å². The zero-order valence-corrected chi connectivity index (χ0v) is 13.6. The zero-order chi connectivity index (χ0) is 14.6. The van der Waals surface area contributed by atoms with Crippen molar-refractivity contribution < 1.29 is 9.47 Å². The van der Waals surface area contributed by atoms with E-state index in [2.05, 4.69) is 10.2 Å². The minimum atomic E-state index is 0.397. The number of rotatable bonds is 4. The third-order valence-electron chi connectivity index (χ3n) is 7.08. The van der Waals surface area contributed by atoms with Crippen LogP contribution in [0.5, 0.6) is 0 Å². The van der Waals surface area contributed by atoms with E-state index in [0.717, 1.165) is 44.8 Å². The fourth-order valence-corrected chi connectivity index (χ4v) is 5.90. The smallest absolute Gasteiger partial charge is 0.0826 e. The number of hydrogen-bond donors (Lipinski definition) is 1. The molecule has 2 heterocycles. The summed E-state index contributed by atoms with van der Waals surface area (Å²) in [5.74, 6) is 0.779. The van der Waals surface area contributed by atoms with Crippen molar-refractivity contribution in [2.45, 2.75) is 69.2 Å². The minimum absolute atomic E-state index is 0.397. The summed E-state index contributed by atoms with van der Waals surface area (Å²) in [6, 6.07) is 1.58. The van der Waals surface area contributed by atoms with Gasteiger partial charge in [-0.05, 0) is 32.1 Å². The monoisotopic (exact) mass is 306 g/mol. The molecule has 0 aromatic heterocycles. The van der Waals surface area contributed by atoms with Crippen molar-refractivity contribution in [1.29, 1.82) is 0 Å². The molecule has 0 radical (unpaired) electrons. The first-order valence-electron chi connectivity index (χ1n) is 9.57. The predicted molar refractivity (Wildman–Crippen MR) is 84.9 cm³/mol. The summed E-state index contributed by atoms with van der Waals surface area (Å²) in [6.07, 6.45) is 10.6. The Bertz CT molecular complexity index is 419. The first-order valence-corrected chi connectivity index (χ1v) is 9.57. The van der Waals surface area contributed by atoms with E-state index in [0.29, 0.717) is 23.7 Å². The lowest BCUT2D eigenvalue weighted by Crippen LogP contribution is -2.68. The third-order valence-corrected chi connectivity index (χ3v) is 7.08. The molecule has 5 rings (SSSR count). The molecule has 1 spiro atoms. The Morgan fingerprint density at radius 1 is 1.05 bits per heavy atom. The molecule has 5 aliphatic rings. The van der Waals surface area contributed by atoms with Gasteiger partial charge in [0, 0.05) is 49.7 Å². The van der Waals surface area contributed by atoms with E-state index in [1.54, 1.807) is 0 Å². The molecule has 4 atom stereocenters. The summed E-state index contributed by atoms with van der Waals surface area (Å²) >= 11 is 0. The Labute approximate surface area is 133 Å². The maximum absolute atomic E-state index is 6.09. The highest BCUT2D eigenvalue weighted by Gasteiger charge is 2.64. The van der Waals surface area contributed by atoms with Gasteiger partial charge in [-0.3, -0.25) is 4.90 Å². The normalized spacial score (nSPS) is 44.2. The number of morpholine rings is 1. The Morgan fingerprint density at radius 2 is 1.91 bits per heavy atom. The second-order valence-electron chi connectivity index (χ2n) is 8.29. The van der Waals surface area contributed by atoms with Gasteiger partial charge in [0.25, 0.3) is 0 Å². The molecule has 124 valence electrons. The molecule has 2 saturated heterocycles. The number of nitrogens with zero attached hydrogens (tertiary/aromatic N) is 1. The van der Waals surface area contributed by atoms with Crippen LogP contribution in [0.3, 0.4) is 0 Å². The molecule has 4 unspecified atom stereocenters. The standard InChI is InChI=1S/C18H30N2O2/c1-2-7-18(6-1)16(15-5-9-22-17(15)18)19-11-14-12-20(8-10-21-14)13-3-4-13/h13-17,19H,1-12H2. The van der Waals surface area contributed by atoms with Crippen molar-refractivity contribution >= 4 is 0 Å². The van der Waals surface area contributed by atoms with E-state index in [1.165, 1.54) is 44.9 Å². The fraction of sp³-hybridized carbons (Fsp3) is 1.00. The lowest BCUT2D eigenvalue weighted by molar-refractivity contribution is -0.134. The van der Waals surface area contributed by atoms with Crippen LogP contribution in [-0.4, -0.2) is 62.0 Å². The number of fused-ring (bicyclic) bond motifs is 2. The highest BCUT2D eigenvalue weighted by Crippen LogP contribution is 2.60. The predicted octanol–water partition coefficient (Wildman–Crippen LogP) is 1.79. The van der Waals surface area contributed by atoms with Gasteiger partial charge in [0.05, 0.1) is 18.8 Å². The molecule has 0 aromatic rings. The molecular formula is C18H30N2O2. The molecule has 22 heavy (non-hydrogen) atoms. The Balaban J connectivity index is 1.20. The van der Waals surface area contributed by atoms with Gasteiger partial charge in [-0.25, -0.2) is 0 Å². The molecule has 0 bridgehead atoms. The summed E-state index contributed by atoms with van der Waals surface area (Å²) in [5.41, 5.74) is 0.478. The van der Waals surface area contributed by atoms with E-state index < -0.39 is 0 Å². The molecule has 3 saturated carbocycles. The number of nitrogens with one attached hydrogen (secondary N) is 1. The molecule has 2 aliphatic heterocycles. The van der Waals surface area contributed by atoms with Crippen LogP contribution in [-0.2, 0) is 9.47 Å². The number of hydrogen-bond acceptors (Lipinski definition) is 4. The van der Waals surface area contributed by atoms with E-state index in [1.807, 2.05) is 0 Å². The Hall–Kier alpha value is -0.160. The quantitative estimate of drug-likeness (QED) is 0.858. The minimum Gasteiger partial charge on any atom is -0.377 e. The molecular weight excluding hydrogens is 276 g/mol. The second kappa shape index (κ2) is 5.44. The Kier molecular flexibility index (Phi) is 3.51. The van der Waals surface area contributed by atoms with Gasteiger partial charge < -0.3 is 14.8 Å². The van der Waals surface area contributed by atoms with Gasteiger partial charge in [0.2, 0.25) is 0 Å². The van der Waals surface area contributed by atoms with Crippen molar-refractivity contribution in [3.63, 3.8) is 0 Å². The van der Waals surface area contributed by atoms with Gasteiger partial charge in [-0.15, -0.1) is 0 Å². The fourth-order valence-electron chi connectivity index (χ4n) is 5.90. The van der Waals surface area contributed by atoms with Crippen molar-refractivity contribution in [2.24, 2.45) is 11.3 Å². The van der Waals surface area contributed by atoms with E-state index in [-0.39, 0.29) is 0 Å². The molecule has 3 aliphatic carbocycles. The van der Waals surface area contributed by atoms with Crippen LogP contribution in [0.1, 0.15) is 44.9 Å². The van der Waals surface area contributed by atoms with E-state index in [4.69, 9.17) is 9.47 Å².